The van der Waals surface area contributed by atoms with Crippen molar-refractivity contribution in [2.75, 3.05) is 12.3 Å². The van der Waals surface area contributed by atoms with Crippen molar-refractivity contribution < 1.29 is 9.18 Å². The fraction of sp³-hybridized carbons (Fsp3) is 0.462. The molecule has 1 aliphatic carbocycles. The smallest absolute Gasteiger partial charge is 0.251 e. The van der Waals surface area contributed by atoms with Gasteiger partial charge in [0.1, 0.15) is 5.82 Å². The summed E-state index contributed by atoms with van der Waals surface area (Å²) in [5.41, 5.74) is 6.06. The van der Waals surface area contributed by atoms with Gasteiger partial charge >= 0.3 is 0 Å². The average molecular weight is 236 g/mol. The molecular formula is C13H17FN2O. The molecule has 1 fully saturated rings. The Morgan fingerprint density at radius 1 is 1.59 bits per heavy atom. The van der Waals surface area contributed by atoms with Crippen molar-refractivity contribution in [2.45, 2.75) is 20.3 Å². The Morgan fingerprint density at radius 2 is 2.24 bits per heavy atom. The standard InChI is InChI=1S/C13H17FN2O/c1-13(2)6-9(13)7-16-12(17)8-3-4-11(15)10(14)5-8/h3-5,9H,6-7,15H2,1-2H3,(H,16,17). The molecular weight excluding hydrogens is 219 g/mol. The Bertz CT molecular complexity index is 457. The predicted octanol–water partition coefficient (Wildman–Crippen LogP) is 2.18. The zero-order chi connectivity index (χ0) is 12.6. The maximum Gasteiger partial charge on any atom is 0.251 e. The third-order valence-corrected chi connectivity index (χ3v) is 3.49. The number of carbonyl (C=O) groups is 1. The second kappa shape index (κ2) is 4.02. The quantitative estimate of drug-likeness (QED) is 0.790. The lowest BCUT2D eigenvalue weighted by molar-refractivity contribution is 0.0950. The summed E-state index contributed by atoms with van der Waals surface area (Å²) in [7, 11) is 0. The predicted molar refractivity (Wildman–Crippen MR) is 65.0 cm³/mol. The largest absolute Gasteiger partial charge is 0.396 e. The summed E-state index contributed by atoms with van der Waals surface area (Å²) >= 11 is 0. The maximum absolute atomic E-state index is 13.2. The normalized spacial score (nSPS) is 21.0. The van der Waals surface area contributed by atoms with Crippen LogP contribution in [0, 0.1) is 17.2 Å². The van der Waals surface area contributed by atoms with Crippen LogP contribution >= 0.6 is 0 Å². The lowest BCUT2D eigenvalue weighted by Gasteiger charge is -2.07. The summed E-state index contributed by atoms with van der Waals surface area (Å²) < 4.78 is 13.2. The zero-order valence-electron chi connectivity index (χ0n) is 10.1. The maximum atomic E-state index is 13.2. The number of halogens is 1. The molecule has 1 atom stereocenters. The first-order valence-corrected chi connectivity index (χ1v) is 5.73. The van der Waals surface area contributed by atoms with Gasteiger partial charge in [0.2, 0.25) is 0 Å². The molecule has 0 aromatic heterocycles. The number of hydrogen-bond donors (Lipinski definition) is 2. The molecule has 0 spiro atoms. The molecule has 3 nitrogen and oxygen atoms in total. The van der Waals surface area contributed by atoms with Crippen LogP contribution in [0.1, 0.15) is 30.6 Å². The average Bonchev–Trinajstić information content (AvgIpc) is 2.87. The van der Waals surface area contributed by atoms with Gasteiger partial charge in [-0.15, -0.1) is 0 Å². The Labute approximate surface area is 100 Å². The summed E-state index contributed by atoms with van der Waals surface area (Å²) in [6.45, 7) is 5.00. The molecule has 92 valence electrons. The van der Waals surface area contributed by atoms with Gasteiger partial charge < -0.3 is 11.1 Å². The van der Waals surface area contributed by atoms with E-state index >= 15 is 0 Å². The van der Waals surface area contributed by atoms with Gasteiger partial charge in [-0.05, 0) is 36.0 Å². The van der Waals surface area contributed by atoms with Crippen molar-refractivity contribution in [1.82, 2.24) is 5.32 Å². The van der Waals surface area contributed by atoms with Crippen LogP contribution < -0.4 is 11.1 Å². The van der Waals surface area contributed by atoms with E-state index in [0.717, 1.165) is 6.42 Å². The highest BCUT2D eigenvalue weighted by atomic mass is 19.1. The number of nitrogens with one attached hydrogen (secondary N) is 1. The summed E-state index contributed by atoms with van der Waals surface area (Å²) in [4.78, 5) is 11.7. The molecule has 0 aliphatic heterocycles. The third kappa shape index (κ3) is 2.57. The molecule has 1 saturated carbocycles. The van der Waals surface area contributed by atoms with Gasteiger partial charge in [-0.1, -0.05) is 13.8 Å². The van der Waals surface area contributed by atoms with Crippen LogP contribution in [0.25, 0.3) is 0 Å². The van der Waals surface area contributed by atoms with Crippen LogP contribution in [0.15, 0.2) is 18.2 Å². The fourth-order valence-electron chi connectivity index (χ4n) is 1.91. The number of benzene rings is 1. The van der Waals surface area contributed by atoms with Crippen molar-refractivity contribution in [1.29, 1.82) is 0 Å². The highest BCUT2D eigenvalue weighted by Crippen LogP contribution is 2.50. The number of rotatable bonds is 3. The molecule has 0 heterocycles. The lowest BCUT2D eigenvalue weighted by Crippen LogP contribution is -2.26. The highest BCUT2D eigenvalue weighted by Gasteiger charge is 2.45. The molecule has 1 aromatic carbocycles. The van der Waals surface area contributed by atoms with Crippen LogP contribution in [0.3, 0.4) is 0 Å². The Kier molecular flexibility index (Phi) is 2.81. The fourth-order valence-corrected chi connectivity index (χ4v) is 1.91. The molecule has 2 rings (SSSR count). The van der Waals surface area contributed by atoms with Gasteiger partial charge in [0.05, 0.1) is 5.69 Å². The molecule has 1 aliphatic rings. The minimum atomic E-state index is -0.551. The molecule has 1 amide bonds. The van der Waals surface area contributed by atoms with Gasteiger partial charge in [-0.2, -0.15) is 0 Å². The van der Waals surface area contributed by atoms with Gasteiger partial charge in [0.25, 0.3) is 5.91 Å². The molecule has 3 N–H and O–H groups in total. The Hall–Kier alpha value is -1.58. The number of nitrogen functional groups attached to an aromatic ring is 1. The van der Waals surface area contributed by atoms with Crippen LogP contribution in [-0.4, -0.2) is 12.5 Å². The number of hydrogen-bond acceptors (Lipinski definition) is 2. The van der Waals surface area contributed by atoms with Crippen molar-refractivity contribution in [3.05, 3.63) is 29.6 Å². The van der Waals surface area contributed by atoms with Crippen LogP contribution in [0.2, 0.25) is 0 Å². The number of carbonyl (C=O) groups excluding carboxylic acids is 1. The second-order valence-corrected chi connectivity index (χ2v) is 5.34. The zero-order valence-corrected chi connectivity index (χ0v) is 10.1. The summed E-state index contributed by atoms with van der Waals surface area (Å²) in [5.74, 6) is -0.263. The van der Waals surface area contributed by atoms with Crippen LogP contribution in [0.4, 0.5) is 10.1 Å². The topological polar surface area (TPSA) is 55.1 Å². The van der Waals surface area contributed by atoms with Crippen molar-refractivity contribution in [3.63, 3.8) is 0 Å². The molecule has 1 unspecified atom stereocenters. The minimum absolute atomic E-state index is 0.0601. The van der Waals surface area contributed by atoms with E-state index in [1.807, 2.05) is 0 Å². The van der Waals surface area contributed by atoms with Gasteiger partial charge in [0.15, 0.2) is 0 Å². The van der Waals surface area contributed by atoms with E-state index in [4.69, 9.17) is 5.73 Å². The SMILES string of the molecule is CC1(C)CC1CNC(=O)c1ccc(N)c(F)c1. The Balaban J connectivity index is 1.93. The Morgan fingerprint density at radius 3 is 2.76 bits per heavy atom. The van der Waals surface area contributed by atoms with E-state index in [0.29, 0.717) is 23.4 Å². The highest BCUT2D eigenvalue weighted by molar-refractivity contribution is 5.94. The van der Waals surface area contributed by atoms with Crippen molar-refractivity contribution >= 4 is 11.6 Å². The van der Waals surface area contributed by atoms with Crippen molar-refractivity contribution in [3.8, 4) is 0 Å². The number of nitrogens with two attached hydrogens (primary N) is 1. The molecule has 0 saturated heterocycles. The second-order valence-electron chi connectivity index (χ2n) is 5.34. The minimum Gasteiger partial charge on any atom is -0.396 e. The number of amides is 1. The molecule has 17 heavy (non-hydrogen) atoms. The first-order valence-electron chi connectivity index (χ1n) is 5.73. The molecule has 4 heteroatoms. The van der Waals surface area contributed by atoms with E-state index in [1.54, 1.807) is 0 Å². The van der Waals surface area contributed by atoms with Gasteiger partial charge in [0, 0.05) is 12.1 Å². The first kappa shape index (κ1) is 11.9. The van der Waals surface area contributed by atoms with E-state index < -0.39 is 5.82 Å². The first-order chi connectivity index (χ1) is 7.90. The van der Waals surface area contributed by atoms with Gasteiger partial charge in [-0.3, -0.25) is 4.79 Å². The van der Waals surface area contributed by atoms with E-state index in [-0.39, 0.29) is 11.6 Å². The van der Waals surface area contributed by atoms with E-state index in [9.17, 15) is 9.18 Å². The number of anilines is 1. The molecule has 0 bridgehead atoms. The third-order valence-electron chi connectivity index (χ3n) is 3.49. The summed E-state index contributed by atoms with van der Waals surface area (Å²) in [5, 5.41) is 2.82. The monoisotopic (exact) mass is 236 g/mol. The van der Waals surface area contributed by atoms with Crippen LogP contribution in [0.5, 0.6) is 0 Å². The van der Waals surface area contributed by atoms with E-state index in [1.165, 1.54) is 18.2 Å². The molecule has 1 aromatic rings. The lowest BCUT2D eigenvalue weighted by atomic mass is 10.1. The summed E-state index contributed by atoms with van der Waals surface area (Å²) in [6, 6.07) is 4.11. The van der Waals surface area contributed by atoms with Crippen LogP contribution in [-0.2, 0) is 0 Å². The molecule has 0 radical (unpaired) electrons. The van der Waals surface area contributed by atoms with Crippen molar-refractivity contribution in [2.24, 2.45) is 11.3 Å². The van der Waals surface area contributed by atoms with E-state index in [2.05, 4.69) is 19.2 Å². The van der Waals surface area contributed by atoms with Gasteiger partial charge in [-0.25, -0.2) is 4.39 Å². The summed E-state index contributed by atoms with van der Waals surface area (Å²) in [6.07, 6.45) is 1.13.